The van der Waals surface area contributed by atoms with Crippen LogP contribution in [0.15, 0.2) is 58.9 Å². The largest absolute Gasteiger partial charge is 0.368 e. The van der Waals surface area contributed by atoms with Gasteiger partial charge in [-0.15, -0.1) is 16.4 Å². The summed E-state index contributed by atoms with van der Waals surface area (Å²) in [5.74, 6) is 1.52. The van der Waals surface area contributed by atoms with Gasteiger partial charge in [-0.2, -0.15) is 0 Å². The monoisotopic (exact) mass is 379 g/mol. The Morgan fingerprint density at radius 3 is 2.85 bits per heavy atom. The van der Waals surface area contributed by atoms with E-state index < -0.39 is 0 Å². The first-order valence-electron chi connectivity index (χ1n) is 8.28. The molecule has 0 spiro atoms. The fourth-order valence-corrected chi connectivity index (χ4v) is 4.01. The molecule has 0 saturated carbocycles. The van der Waals surface area contributed by atoms with E-state index in [1.807, 2.05) is 34.8 Å². The molecule has 1 aliphatic heterocycles. The average molecular weight is 380 g/mol. The van der Waals surface area contributed by atoms with Gasteiger partial charge < -0.3 is 5.32 Å². The third kappa shape index (κ3) is 2.58. The van der Waals surface area contributed by atoms with Gasteiger partial charge in [0.15, 0.2) is 11.5 Å². The molecule has 3 aromatic heterocycles. The van der Waals surface area contributed by atoms with Crippen LogP contribution in [-0.2, 0) is 0 Å². The smallest absolute Gasteiger partial charge is 0.182 e. The van der Waals surface area contributed by atoms with Crippen molar-refractivity contribution in [3.63, 3.8) is 0 Å². The topological polar surface area (TPSA) is 54.6 Å². The SMILES string of the molecule is Clc1cccc(-c2nc3c(C4=NCCN4)ccc(-c4cccs4)n3n2)c1. The van der Waals surface area contributed by atoms with Gasteiger partial charge in [0.25, 0.3) is 0 Å². The molecule has 1 aromatic carbocycles. The van der Waals surface area contributed by atoms with Crippen LogP contribution in [0.3, 0.4) is 0 Å². The maximum Gasteiger partial charge on any atom is 0.182 e. The van der Waals surface area contributed by atoms with E-state index >= 15 is 0 Å². The lowest BCUT2D eigenvalue weighted by Crippen LogP contribution is -2.20. The van der Waals surface area contributed by atoms with Gasteiger partial charge in [-0.05, 0) is 35.7 Å². The molecule has 1 N–H and O–H groups in total. The molecular weight excluding hydrogens is 366 g/mol. The number of hydrogen-bond acceptors (Lipinski definition) is 5. The summed E-state index contributed by atoms with van der Waals surface area (Å²) in [6, 6.07) is 15.9. The highest BCUT2D eigenvalue weighted by Gasteiger charge is 2.19. The van der Waals surface area contributed by atoms with Crippen molar-refractivity contribution in [3.05, 3.63) is 64.5 Å². The lowest BCUT2D eigenvalue weighted by atomic mass is 10.2. The Morgan fingerprint density at radius 2 is 2.08 bits per heavy atom. The number of halogens is 1. The van der Waals surface area contributed by atoms with Gasteiger partial charge >= 0.3 is 0 Å². The van der Waals surface area contributed by atoms with Crippen LogP contribution in [0.4, 0.5) is 0 Å². The van der Waals surface area contributed by atoms with Crippen molar-refractivity contribution in [2.24, 2.45) is 4.99 Å². The lowest BCUT2D eigenvalue weighted by Gasteiger charge is -2.07. The van der Waals surface area contributed by atoms with Crippen LogP contribution in [0.1, 0.15) is 5.56 Å². The molecule has 0 aliphatic carbocycles. The highest BCUT2D eigenvalue weighted by Crippen LogP contribution is 2.29. The molecule has 0 amide bonds. The second-order valence-electron chi connectivity index (χ2n) is 5.95. The van der Waals surface area contributed by atoms with Crippen LogP contribution < -0.4 is 5.32 Å². The summed E-state index contributed by atoms with van der Waals surface area (Å²) in [4.78, 5) is 10.5. The zero-order valence-electron chi connectivity index (χ0n) is 13.7. The summed E-state index contributed by atoms with van der Waals surface area (Å²) in [7, 11) is 0. The van der Waals surface area contributed by atoms with Crippen LogP contribution in [0, 0.1) is 0 Å². The quantitative estimate of drug-likeness (QED) is 0.582. The van der Waals surface area contributed by atoms with Crippen LogP contribution in [0.25, 0.3) is 27.6 Å². The first kappa shape index (κ1) is 15.5. The third-order valence-corrected chi connectivity index (χ3v) is 5.40. The Balaban J connectivity index is 1.77. The molecule has 5 rings (SSSR count). The zero-order valence-corrected chi connectivity index (χ0v) is 15.3. The molecule has 4 aromatic rings. The van der Waals surface area contributed by atoms with Crippen LogP contribution in [0.5, 0.6) is 0 Å². The number of hydrogen-bond donors (Lipinski definition) is 1. The fourth-order valence-electron chi connectivity index (χ4n) is 3.09. The first-order valence-corrected chi connectivity index (χ1v) is 9.54. The normalized spacial score (nSPS) is 13.8. The van der Waals surface area contributed by atoms with E-state index in [0.29, 0.717) is 10.8 Å². The van der Waals surface area contributed by atoms with Crippen molar-refractivity contribution in [3.8, 4) is 22.0 Å². The second-order valence-corrected chi connectivity index (χ2v) is 7.33. The van der Waals surface area contributed by atoms with Crippen molar-refractivity contribution >= 4 is 34.4 Å². The number of nitrogens with zero attached hydrogens (tertiary/aromatic N) is 4. The Morgan fingerprint density at radius 1 is 1.12 bits per heavy atom. The van der Waals surface area contributed by atoms with Crippen molar-refractivity contribution in [2.75, 3.05) is 13.1 Å². The molecule has 0 bridgehead atoms. The van der Waals surface area contributed by atoms with Crippen molar-refractivity contribution in [2.45, 2.75) is 0 Å². The molecule has 0 atom stereocenters. The van der Waals surface area contributed by atoms with Crippen LogP contribution >= 0.6 is 22.9 Å². The van der Waals surface area contributed by atoms with E-state index in [9.17, 15) is 0 Å². The van der Waals surface area contributed by atoms with Gasteiger partial charge in [0.05, 0.1) is 22.7 Å². The standard InChI is InChI=1S/C19H14ClN5S/c20-13-4-1-3-12(11-13)17-23-19-14(18-21-8-9-22-18)6-7-15(25(19)24-17)16-5-2-10-26-16/h1-7,10-11H,8-9H2,(H,21,22). The predicted molar refractivity (Wildman–Crippen MR) is 106 cm³/mol. The molecule has 7 heteroatoms. The molecule has 5 nitrogen and oxygen atoms in total. The fraction of sp³-hybridized carbons (Fsp3) is 0.105. The van der Waals surface area contributed by atoms with E-state index in [4.69, 9.17) is 21.7 Å². The Hall–Kier alpha value is -2.70. The average Bonchev–Trinajstić information content (AvgIpc) is 3.41. The maximum atomic E-state index is 6.15. The minimum absolute atomic E-state index is 0.649. The summed E-state index contributed by atoms with van der Waals surface area (Å²) in [6.45, 7) is 1.63. The number of rotatable bonds is 3. The van der Waals surface area contributed by atoms with E-state index in [-0.39, 0.29) is 0 Å². The molecular formula is C19H14ClN5S. The van der Waals surface area contributed by atoms with Gasteiger partial charge in [-0.25, -0.2) is 9.50 Å². The summed E-state index contributed by atoms with van der Waals surface area (Å²) < 4.78 is 1.90. The summed E-state index contributed by atoms with van der Waals surface area (Å²) in [5.41, 5.74) is 3.66. The number of thiophene rings is 1. The number of aliphatic imine (C=N–C) groups is 1. The summed E-state index contributed by atoms with van der Waals surface area (Å²) in [5, 5.41) is 10.8. The van der Waals surface area contributed by atoms with Crippen molar-refractivity contribution in [1.29, 1.82) is 0 Å². The Kier molecular flexibility index (Phi) is 3.72. The number of benzene rings is 1. The number of aromatic nitrogens is 3. The zero-order chi connectivity index (χ0) is 17.5. The van der Waals surface area contributed by atoms with E-state index in [0.717, 1.165) is 46.3 Å². The van der Waals surface area contributed by atoms with Crippen LogP contribution in [-0.4, -0.2) is 33.5 Å². The van der Waals surface area contributed by atoms with Gasteiger partial charge in [-0.1, -0.05) is 29.8 Å². The molecule has 26 heavy (non-hydrogen) atoms. The van der Waals surface area contributed by atoms with Crippen molar-refractivity contribution in [1.82, 2.24) is 19.9 Å². The molecule has 1 aliphatic rings. The number of pyridine rings is 1. The highest BCUT2D eigenvalue weighted by molar-refractivity contribution is 7.13. The lowest BCUT2D eigenvalue weighted by molar-refractivity contribution is 0.956. The third-order valence-electron chi connectivity index (χ3n) is 4.27. The van der Waals surface area contributed by atoms with E-state index in [2.05, 4.69) is 33.9 Å². The Labute approximate surface area is 159 Å². The number of nitrogens with one attached hydrogen (secondary N) is 1. The van der Waals surface area contributed by atoms with Gasteiger partial charge in [0.2, 0.25) is 0 Å². The summed E-state index contributed by atoms with van der Waals surface area (Å²) in [6.07, 6.45) is 0. The van der Waals surface area contributed by atoms with Gasteiger partial charge in [-0.3, -0.25) is 4.99 Å². The molecule has 0 unspecified atom stereocenters. The van der Waals surface area contributed by atoms with E-state index in [1.54, 1.807) is 11.3 Å². The molecule has 4 heterocycles. The number of fused-ring (bicyclic) bond motifs is 1. The minimum atomic E-state index is 0.649. The Bertz CT molecular complexity index is 1130. The van der Waals surface area contributed by atoms with Crippen molar-refractivity contribution < 1.29 is 0 Å². The molecule has 0 radical (unpaired) electrons. The number of amidine groups is 1. The molecule has 0 fully saturated rings. The predicted octanol–water partition coefficient (Wildman–Crippen LogP) is 4.13. The van der Waals surface area contributed by atoms with Gasteiger partial charge in [0.1, 0.15) is 5.84 Å². The second kappa shape index (κ2) is 6.23. The highest BCUT2D eigenvalue weighted by atomic mass is 35.5. The maximum absolute atomic E-state index is 6.15. The van der Waals surface area contributed by atoms with Crippen LogP contribution in [0.2, 0.25) is 5.02 Å². The van der Waals surface area contributed by atoms with E-state index in [1.165, 1.54) is 0 Å². The molecule has 128 valence electrons. The summed E-state index contributed by atoms with van der Waals surface area (Å²) >= 11 is 7.83. The molecule has 0 saturated heterocycles. The minimum Gasteiger partial charge on any atom is -0.368 e. The first-order chi connectivity index (χ1) is 12.8. The van der Waals surface area contributed by atoms with Gasteiger partial charge in [0, 0.05) is 17.1 Å².